The molecule has 0 aliphatic carbocycles. The van der Waals surface area contributed by atoms with Crippen LogP contribution in [-0.4, -0.2) is 49.0 Å². The van der Waals surface area contributed by atoms with Crippen molar-refractivity contribution >= 4 is 35.9 Å². The Morgan fingerprint density at radius 2 is 1.85 bits per heavy atom. The van der Waals surface area contributed by atoms with Gasteiger partial charge in [-0.25, -0.2) is 14.5 Å². The highest BCUT2D eigenvalue weighted by Gasteiger charge is 2.13. The van der Waals surface area contributed by atoms with E-state index in [4.69, 9.17) is 9.47 Å². The Kier molecular flexibility index (Phi) is 10.7. The van der Waals surface area contributed by atoms with Gasteiger partial charge in [-0.05, 0) is 54.8 Å². The lowest BCUT2D eigenvalue weighted by Crippen LogP contribution is -2.38. The van der Waals surface area contributed by atoms with Crippen molar-refractivity contribution in [2.75, 3.05) is 27.3 Å². The maximum Gasteiger partial charge on any atom is 0.341 e. The number of ether oxygens (including phenoxy) is 2. The van der Waals surface area contributed by atoms with E-state index in [1.165, 1.54) is 19.8 Å². The normalized spacial score (nSPS) is 10.8. The molecule has 3 aromatic rings. The number of hydrogen-bond donors (Lipinski definition) is 2. The molecule has 0 bridgehead atoms. The van der Waals surface area contributed by atoms with Crippen LogP contribution in [-0.2, 0) is 17.7 Å². The first-order valence-corrected chi connectivity index (χ1v) is 10.5. The fourth-order valence-electron chi connectivity index (χ4n) is 3.20. The highest BCUT2D eigenvalue weighted by atomic mass is 127. The van der Waals surface area contributed by atoms with Crippen LogP contribution in [0.5, 0.6) is 5.75 Å². The topological polar surface area (TPSA) is 89.8 Å². The lowest BCUT2D eigenvalue weighted by atomic mass is 10.1. The smallest absolute Gasteiger partial charge is 0.341 e. The van der Waals surface area contributed by atoms with E-state index >= 15 is 0 Å². The minimum absolute atomic E-state index is 0. The van der Waals surface area contributed by atoms with E-state index in [0.717, 1.165) is 36.7 Å². The van der Waals surface area contributed by atoms with Gasteiger partial charge in [0.15, 0.2) is 5.96 Å². The van der Waals surface area contributed by atoms with Crippen molar-refractivity contribution in [3.05, 3.63) is 77.6 Å². The van der Waals surface area contributed by atoms with E-state index in [1.54, 1.807) is 18.3 Å². The molecule has 1 heterocycles. The monoisotopic (exact) mass is 563 g/mol. The van der Waals surface area contributed by atoms with Crippen LogP contribution in [0.3, 0.4) is 0 Å². The van der Waals surface area contributed by atoms with E-state index in [-0.39, 0.29) is 24.0 Å². The number of nitrogens with one attached hydrogen (secondary N) is 2. The van der Waals surface area contributed by atoms with Crippen molar-refractivity contribution in [3.63, 3.8) is 0 Å². The summed E-state index contributed by atoms with van der Waals surface area (Å²) < 4.78 is 11.9. The van der Waals surface area contributed by atoms with Gasteiger partial charge in [0.1, 0.15) is 11.3 Å². The summed E-state index contributed by atoms with van der Waals surface area (Å²) in [5.41, 5.74) is 3.53. The van der Waals surface area contributed by atoms with Crippen LogP contribution in [0.1, 0.15) is 28.4 Å². The Balaban J connectivity index is 0.00000385. The number of aliphatic imine (C=N–C) groups is 1. The summed E-state index contributed by atoms with van der Waals surface area (Å²) in [4.78, 5) is 16.6. The zero-order valence-electron chi connectivity index (χ0n) is 19.1. The number of hydrogen-bond acceptors (Lipinski definition) is 5. The Morgan fingerprint density at radius 1 is 1.09 bits per heavy atom. The Hall–Kier alpha value is -3.08. The molecule has 0 amide bonds. The highest BCUT2D eigenvalue weighted by Crippen LogP contribution is 2.21. The molecule has 0 aliphatic rings. The molecule has 3 rings (SSSR count). The molecule has 0 spiro atoms. The van der Waals surface area contributed by atoms with Gasteiger partial charge in [0.2, 0.25) is 0 Å². The number of esters is 1. The summed E-state index contributed by atoms with van der Waals surface area (Å²) in [6.07, 6.45) is 4.55. The van der Waals surface area contributed by atoms with Gasteiger partial charge in [0.05, 0.1) is 26.5 Å². The lowest BCUT2D eigenvalue weighted by Gasteiger charge is -2.12. The lowest BCUT2D eigenvalue weighted by molar-refractivity contribution is 0.0597. The molecular weight excluding hydrogens is 533 g/mol. The Labute approximate surface area is 211 Å². The number of rotatable bonds is 9. The van der Waals surface area contributed by atoms with Crippen LogP contribution < -0.4 is 15.4 Å². The molecule has 0 aliphatic heterocycles. The molecule has 33 heavy (non-hydrogen) atoms. The molecule has 2 N–H and O–H groups in total. The van der Waals surface area contributed by atoms with E-state index in [1.807, 2.05) is 29.9 Å². The number of benzene rings is 2. The molecule has 0 saturated carbocycles. The standard InChI is InChI=1S/C24H29N5O3.HI/c1-4-25-24(27-17-19-8-11-22(31-2)21(16-19)23(30)32-3)26-14-12-18-6-9-20(10-7-18)29-15-5-13-28-29;/h5-11,13,15-16H,4,12,14,17H2,1-3H3,(H2,25,26,27);1H. The van der Waals surface area contributed by atoms with Gasteiger partial charge >= 0.3 is 5.97 Å². The molecule has 176 valence electrons. The van der Waals surface area contributed by atoms with Gasteiger partial charge < -0.3 is 20.1 Å². The molecule has 1 aromatic heterocycles. The summed E-state index contributed by atoms with van der Waals surface area (Å²) >= 11 is 0. The number of halogens is 1. The maximum atomic E-state index is 12.0. The second-order valence-corrected chi connectivity index (χ2v) is 7.02. The molecule has 0 saturated heterocycles. The van der Waals surface area contributed by atoms with Crippen LogP contribution in [0.2, 0.25) is 0 Å². The van der Waals surface area contributed by atoms with Crippen LogP contribution in [0.25, 0.3) is 5.69 Å². The minimum Gasteiger partial charge on any atom is -0.496 e. The highest BCUT2D eigenvalue weighted by molar-refractivity contribution is 14.0. The number of aromatic nitrogens is 2. The molecule has 0 radical (unpaired) electrons. The molecular formula is C24H30IN5O3. The summed E-state index contributed by atoms with van der Waals surface area (Å²) in [5.74, 6) is 0.764. The third kappa shape index (κ3) is 7.48. The van der Waals surface area contributed by atoms with Gasteiger partial charge in [0, 0.05) is 25.5 Å². The molecule has 2 aromatic carbocycles. The largest absolute Gasteiger partial charge is 0.496 e. The first kappa shape index (κ1) is 26.2. The maximum absolute atomic E-state index is 12.0. The van der Waals surface area contributed by atoms with Crippen LogP contribution in [0.15, 0.2) is 65.9 Å². The van der Waals surface area contributed by atoms with E-state index in [2.05, 4.69) is 45.0 Å². The summed E-state index contributed by atoms with van der Waals surface area (Å²) in [5, 5.41) is 10.9. The zero-order chi connectivity index (χ0) is 22.8. The van der Waals surface area contributed by atoms with Gasteiger partial charge in [-0.3, -0.25) is 0 Å². The predicted molar refractivity (Wildman–Crippen MR) is 140 cm³/mol. The Bertz CT molecular complexity index is 1040. The van der Waals surface area contributed by atoms with Crippen LogP contribution in [0, 0.1) is 0 Å². The van der Waals surface area contributed by atoms with Crippen molar-refractivity contribution in [2.45, 2.75) is 19.9 Å². The van der Waals surface area contributed by atoms with Crippen molar-refractivity contribution < 1.29 is 14.3 Å². The van der Waals surface area contributed by atoms with Crippen LogP contribution >= 0.6 is 24.0 Å². The number of guanidine groups is 1. The average molecular weight is 563 g/mol. The molecule has 8 nitrogen and oxygen atoms in total. The molecule has 0 unspecified atom stereocenters. The zero-order valence-corrected chi connectivity index (χ0v) is 21.4. The molecule has 0 fully saturated rings. The average Bonchev–Trinajstić information content (AvgIpc) is 3.37. The SMILES string of the molecule is CCNC(=NCc1ccc(OC)c(C(=O)OC)c1)NCCc1ccc(-n2cccn2)cc1.I. The van der Waals surface area contributed by atoms with Gasteiger partial charge in [-0.1, -0.05) is 18.2 Å². The molecule has 0 atom stereocenters. The summed E-state index contributed by atoms with van der Waals surface area (Å²) in [6.45, 7) is 3.93. The fourth-order valence-corrected chi connectivity index (χ4v) is 3.20. The number of carbonyl (C=O) groups is 1. The van der Waals surface area contributed by atoms with E-state index in [0.29, 0.717) is 17.9 Å². The summed E-state index contributed by atoms with van der Waals surface area (Å²) in [7, 11) is 2.88. The first-order valence-electron chi connectivity index (χ1n) is 10.5. The van der Waals surface area contributed by atoms with Crippen molar-refractivity contribution in [1.82, 2.24) is 20.4 Å². The summed E-state index contributed by atoms with van der Waals surface area (Å²) in [6, 6.07) is 15.6. The second kappa shape index (κ2) is 13.5. The Morgan fingerprint density at radius 3 is 2.48 bits per heavy atom. The quantitative estimate of drug-likeness (QED) is 0.179. The first-order chi connectivity index (χ1) is 15.6. The third-order valence-corrected chi connectivity index (χ3v) is 4.84. The minimum atomic E-state index is -0.434. The van der Waals surface area contributed by atoms with Crippen LogP contribution in [0.4, 0.5) is 0 Å². The number of carbonyl (C=O) groups excluding carboxylic acids is 1. The second-order valence-electron chi connectivity index (χ2n) is 7.02. The number of nitrogens with zero attached hydrogens (tertiary/aromatic N) is 3. The van der Waals surface area contributed by atoms with Gasteiger partial charge in [-0.2, -0.15) is 5.10 Å². The third-order valence-electron chi connectivity index (χ3n) is 4.84. The molecule has 9 heteroatoms. The predicted octanol–water partition coefficient (Wildman–Crippen LogP) is 3.58. The fraction of sp³-hybridized carbons (Fsp3) is 0.292. The van der Waals surface area contributed by atoms with E-state index < -0.39 is 5.97 Å². The van der Waals surface area contributed by atoms with Gasteiger partial charge in [0.25, 0.3) is 0 Å². The van der Waals surface area contributed by atoms with Crippen molar-refractivity contribution in [1.29, 1.82) is 0 Å². The number of methoxy groups -OCH3 is 2. The van der Waals surface area contributed by atoms with Crippen molar-refractivity contribution in [3.8, 4) is 11.4 Å². The van der Waals surface area contributed by atoms with E-state index in [9.17, 15) is 4.79 Å². The van der Waals surface area contributed by atoms with Gasteiger partial charge in [-0.15, -0.1) is 24.0 Å². The van der Waals surface area contributed by atoms with Crippen molar-refractivity contribution in [2.24, 2.45) is 4.99 Å².